The van der Waals surface area contributed by atoms with Crippen molar-refractivity contribution in [2.24, 2.45) is 5.92 Å². The number of aliphatic carboxylic acids is 1. The third kappa shape index (κ3) is 4.22. The molecular formula is C19H19N3O4S. The highest BCUT2D eigenvalue weighted by Gasteiger charge is 2.26. The van der Waals surface area contributed by atoms with Crippen LogP contribution in [-0.4, -0.2) is 26.5 Å². The molecule has 0 fully saturated rings. The maximum absolute atomic E-state index is 12.4. The molecule has 7 nitrogen and oxygen atoms in total. The van der Waals surface area contributed by atoms with Gasteiger partial charge in [0, 0.05) is 13.0 Å². The van der Waals surface area contributed by atoms with Gasteiger partial charge in [-0.3, -0.25) is 19.0 Å². The predicted octanol–water partition coefficient (Wildman–Crippen LogP) is 2.43. The minimum Gasteiger partial charge on any atom is -0.481 e. The molecule has 0 saturated heterocycles. The first-order chi connectivity index (χ1) is 13.0. The molecule has 8 heteroatoms. The van der Waals surface area contributed by atoms with Crippen molar-refractivity contribution in [1.82, 2.24) is 14.9 Å². The number of carboxylic acids is 1. The Labute approximate surface area is 159 Å². The van der Waals surface area contributed by atoms with Crippen LogP contribution >= 0.6 is 11.3 Å². The Morgan fingerprint density at radius 1 is 1.26 bits per heavy atom. The summed E-state index contributed by atoms with van der Waals surface area (Å²) in [5, 5.41) is 14.5. The van der Waals surface area contributed by atoms with Gasteiger partial charge in [0.2, 0.25) is 5.91 Å². The van der Waals surface area contributed by atoms with Crippen molar-refractivity contribution in [3.05, 3.63) is 64.0 Å². The average Bonchev–Trinajstić information content (AvgIpc) is 3.15. The summed E-state index contributed by atoms with van der Waals surface area (Å²) in [6.45, 7) is 1.73. The lowest BCUT2D eigenvalue weighted by Crippen LogP contribution is -2.36. The molecule has 0 bridgehead atoms. The number of nitrogens with zero attached hydrogens (tertiary/aromatic N) is 2. The van der Waals surface area contributed by atoms with E-state index in [0.717, 1.165) is 5.56 Å². The van der Waals surface area contributed by atoms with Crippen LogP contribution in [0.15, 0.2) is 52.9 Å². The third-order valence-electron chi connectivity index (χ3n) is 4.39. The van der Waals surface area contributed by atoms with Gasteiger partial charge >= 0.3 is 5.97 Å². The fourth-order valence-electron chi connectivity index (χ4n) is 2.82. The lowest BCUT2D eigenvalue weighted by Gasteiger charge is -2.23. The predicted molar refractivity (Wildman–Crippen MR) is 103 cm³/mol. The van der Waals surface area contributed by atoms with Gasteiger partial charge in [0.1, 0.15) is 4.83 Å². The zero-order valence-electron chi connectivity index (χ0n) is 14.7. The number of aromatic nitrogens is 2. The molecule has 3 aromatic rings. The van der Waals surface area contributed by atoms with Crippen molar-refractivity contribution in [3.8, 4) is 0 Å². The second-order valence-electron chi connectivity index (χ2n) is 6.22. The fraction of sp³-hybridized carbons (Fsp3) is 0.263. The minimum atomic E-state index is -0.993. The summed E-state index contributed by atoms with van der Waals surface area (Å²) < 4.78 is 1.40. The van der Waals surface area contributed by atoms with Gasteiger partial charge in [-0.1, -0.05) is 30.3 Å². The Bertz CT molecular complexity index is 1010. The number of benzene rings is 1. The highest BCUT2D eigenvalue weighted by atomic mass is 32.1. The monoisotopic (exact) mass is 385 g/mol. The van der Waals surface area contributed by atoms with Crippen LogP contribution in [0, 0.1) is 5.92 Å². The first-order valence-electron chi connectivity index (χ1n) is 8.47. The third-order valence-corrected chi connectivity index (χ3v) is 5.22. The molecule has 1 amide bonds. The summed E-state index contributed by atoms with van der Waals surface area (Å²) in [6, 6.07) is 10.0. The second-order valence-corrected chi connectivity index (χ2v) is 7.11. The molecule has 0 radical (unpaired) electrons. The Kier molecular flexibility index (Phi) is 5.66. The van der Waals surface area contributed by atoms with Crippen LogP contribution in [0.1, 0.15) is 24.9 Å². The molecule has 27 heavy (non-hydrogen) atoms. The molecule has 140 valence electrons. The maximum atomic E-state index is 12.4. The molecule has 2 aromatic heterocycles. The molecule has 0 saturated carbocycles. The molecule has 0 spiro atoms. The minimum absolute atomic E-state index is 0.0485. The summed E-state index contributed by atoms with van der Waals surface area (Å²) in [7, 11) is 0. The van der Waals surface area contributed by atoms with E-state index in [9.17, 15) is 19.5 Å². The van der Waals surface area contributed by atoms with Crippen LogP contribution in [0.5, 0.6) is 0 Å². The number of hydrogen-bond donors (Lipinski definition) is 2. The molecule has 3 rings (SSSR count). The first kappa shape index (κ1) is 18.8. The second kappa shape index (κ2) is 8.13. The topological polar surface area (TPSA) is 101 Å². The largest absolute Gasteiger partial charge is 0.481 e. The Morgan fingerprint density at radius 2 is 2.00 bits per heavy atom. The SMILES string of the molecule is CC(C(=O)O)C(NC(=O)CCn1cnc2sccc2c1=O)c1ccccc1. The van der Waals surface area contributed by atoms with Crippen LogP contribution < -0.4 is 10.9 Å². The molecular weight excluding hydrogens is 366 g/mol. The molecule has 2 atom stereocenters. The van der Waals surface area contributed by atoms with E-state index in [1.54, 1.807) is 42.6 Å². The van der Waals surface area contributed by atoms with Gasteiger partial charge in [0.05, 0.1) is 23.7 Å². The van der Waals surface area contributed by atoms with Gasteiger partial charge in [0.25, 0.3) is 5.56 Å². The van der Waals surface area contributed by atoms with Gasteiger partial charge in [-0.2, -0.15) is 0 Å². The number of amides is 1. The van der Waals surface area contributed by atoms with Crippen LogP contribution in [0.25, 0.3) is 10.2 Å². The number of thiophene rings is 1. The van der Waals surface area contributed by atoms with Crippen LogP contribution in [0.4, 0.5) is 0 Å². The zero-order chi connectivity index (χ0) is 19.4. The molecule has 2 unspecified atom stereocenters. The van der Waals surface area contributed by atoms with Crippen molar-refractivity contribution < 1.29 is 14.7 Å². The number of carbonyl (C=O) groups excluding carboxylic acids is 1. The Hall–Kier alpha value is -3.00. The number of nitrogens with one attached hydrogen (secondary N) is 1. The molecule has 0 aliphatic rings. The summed E-state index contributed by atoms with van der Waals surface area (Å²) in [6.07, 6.45) is 1.48. The van der Waals surface area contributed by atoms with Crippen LogP contribution in [0.3, 0.4) is 0 Å². The van der Waals surface area contributed by atoms with E-state index in [0.29, 0.717) is 10.2 Å². The number of carbonyl (C=O) groups is 2. The van der Waals surface area contributed by atoms with Gasteiger partial charge in [-0.25, -0.2) is 4.98 Å². The summed E-state index contributed by atoms with van der Waals surface area (Å²) >= 11 is 1.39. The highest BCUT2D eigenvalue weighted by molar-refractivity contribution is 7.16. The zero-order valence-corrected chi connectivity index (χ0v) is 15.5. The van der Waals surface area contributed by atoms with E-state index in [4.69, 9.17) is 0 Å². The normalized spacial score (nSPS) is 13.2. The van der Waals surface area contributed by atoms with Crippen molar-refractivity contribution in [2.75, 3.05) is 0 Å². The highest BCUT2D eigenvalue weighted by Crippen LogP contribution is 2.22. The van der Waals surface area contributed by atoms with Crippen molar-refractivity contribution >= 4 is 33.4 Å². The van der Waals surface area contributed by atoms with Crippen molar-refractivity contribution in [1.29, 1.82) is 0 Å². The van der Waals surface area contributed by atoms with Crippen LogP contribution in [0.2, 0.25) is 0 Å². The lowest BCUT2D eigenvalue weighted by molar-refractivity contribution is -0.142. The average molecular weight is 385 g/mol. The van der Waals surface area contributed by atoms with E-state index in [-0.39, 0.29) is 24.4 Å². The van der Waals surface area contributed by atoms with Gasteiger partial charge < -0.3 is 10.4 Å². The van der Waals surface area contributed by atoms with E-state index >= 15 is 0 Å². The van der Waals surface area contributed by atoms with Gasteiger partial charge in [-0.05, 0) is 23.9 Å². The molecule has 0 aliphatic carbocycles. The first-order valence-corrected chi connectivity index (χ1v) is 9.35. The van der Waals surface area contributed by atoms with E-state index < -0.39 is 17.9 Å². The summed E-state index contributed by atoms with van der Waals surface area (Å²) in [5.74, 6) is -2.11. The van der Waals surface area contributed by atoms with E-state index in [2.05, 4.69) is 10.3 Å². The molecule has 1 aromatic carbocycles. The number of fused-ring (bicyclic) bond motifs is 1. The van der Waals surface area contributed by atoms with E-state index in [1.165, 1.54) is 22.2 Å². The molecule has 2 N–H and O–H groups in total. The number of hydrogen-bond acceptors (Lipinski definition) is 5. The lowest BCUT2D eigenvalue weighted by atomic mass is 9.94. The number of rotatable bonds is 7. The summed E-state index contributed by atoms with van der Waals surface area (Å²) in [5.41, 5.74) is 0.534. The fourth-order valence-corrected chi connectivity index (χ4v) is 3.54. The van der Waals surface area contributed by atoms with Gasteiger partial charge in [0.15, 0.2) is 0 Å². The molecule has 2 heterocycles. The quantitative estimate of drug-likeness (QED) is 0.650. The van der Waals surface area contributed by atoms with Crippen molar-refractivity contribution in [2.45, 2.75) is 25.9 Å². The smallest absolute Gasteiger partial charge is 0.308 e. The van der Waals surface area contributed by atoms with E-state index in [1.807, 2.05) is 6.07 Å². The Balaban J connectivity index is 1.71. The maximum Gasteiger partial charge on any atom is 0.308 e. The summed E-state index contributed by atoms with van der Waals surface area (Å²) in [4.78, 5) is 41.1. The number of aryl methyl sites for hydroxylation is 1. The Morgan fingerprint density at radius 3 is 2.70 bits per heavy atom. The van der Waals surface area contributed by atoms with Crippen LogP contribution in [-0.2, 0) is 16.1 Å². The standard InChI is InChI=1S/C19H19N3O4S/c1-12(19(25)26)16(13-5-3-2-4-6-13)21-15(23)7-9-22-11-20-17-14(18(22)24)8-10-27-17/h2-6,8,10-12,16H,7,9H2,1H3,(H,21,23)(H,25,26). The molecule has 0 aliphatic heterocycles. The van der Waals surface area contributed by atoms with Gasteiger partial charge in [-0.15, -0.1) is 11.3 Å². The van der Waals surface area contributed by atoms with Crippen molar-refractivity contribution in [3.63, 3.8) is 0 Å². The number of carboxylic acid groups (broad SMARTS) is 1.